The number of nitrogens with zero attached hydrogens (tertiary/aromatic N) is 1. The van der Waals surface area contributed by atoms with Crippen LogP contribution in [-0.2, 0) is 30.2 Å². The highest BCUT2D eigenvalue weighted by Gasteiger charge is 2.59. The number of rotatable bonds is 8. The second-order valence-corrected chi connectivity index (χ2v) is 8.61. The van der Waals surface area contributed by atoms with E-state index in [1.54, 1.807) is 49.1 Å². The van der Waals surface area contributed by atoms with Gasteiger partial charge in [0.1, 0.15) is 6.10 Å². The Morgan fingerprint density at radius 3 is 2.43 bits per heavy atom. The third-order valence-corrected chi connectivity index (χ3v) is 5.96. The summed E-state index contributed by atoms with van der Waals surface area (Å²) < 4.78 is 26.8. The molecule has 2 unspecified atom stereocenters. The van der Waals surface area contributed by atoms with Crippen LogP contribution in [0.1, 0.15) is 38.0 Å². The van der Waals surface area contributed by atoms with Crippen molar-refractivity contribution < 1.29 is 38.1 Å². The molecule has 2 aromatic carbocycles. The van der Waals surface area contributed by atoms with E-state index in [9.17, 15) is 14.4 Å². The molecule has 4 rings (SSSR count). The Balaban J connectivity index is 1.48. The number of hydrogen-bond donors (Lipinski definition) is 0. The fraction of sp³-hybridized carbons (Fsp3) is 0.400. The van der Waals surface area contributed by atoms with Gasteiger partial charge in [0, 0.05) is 11.1 Å². The summed E-state index contributed by atoms with van der Waals surface area (Å²) in [4.78, 5) is 39.3. The van der Waals surface area contributed by atoms with E-state index in [-0.39, 0.29) is 30.8 Å². The van der Waals surface area contributed by atoms with Crippen molar-refractivity contribution in [2.75, 3.05) is 19.8 Å². The highest BCUT2D eigenvalue weighted by atomic mass is 35.5. The van der Waals surface area contributed by atoms with Crippen LogP contribution in [0.4, 0.5) is 4.79 Å². The second kappa shape index (κ2) is 10.0. The average Bonchev–Trinajstić information content (AvgIpc) is 3.41. The molecule has 0 aromatic heterocycles. The molecule has 0 saturated carbocycles. The Bertz CT molecular complexity index is 1120. The summed E-state index contributed by atoms with van der Waals surface area (Å²) >= 11 is 6.07. The molecule has 0 radical (unpaired) electrons. The molecule has 2 aliphatic rings. The maximum atomic E-state index is 12.6. The largest absolute Gasteiger partial charge is 0.460 e. The lowest BCUT2D eigenvalue weighted by molar-refractivity contribution is -0.202. The van der Waals surface area contributed by atoms with Crippen LogP contribution in [0.3, 0.4) is 0 Å². The Morgan fingerprint density at radius 2 is 1.77 bits per heavy atom. The molecule has 35 heavy (non-hydrogen) atoms. The van der Waals surface area contributed by atoms with Crippen LogP contribution >= 0.6 is 11.6 Å². The van der Waals surface area contributed by atoms with Crippen molar-refractivity contribution in [2.24, 2.45) is 0 Å². The lowest BCUT2D eigenvalue weighted by atomic mass is 10.0. The van der Waals surface area contributed by atoms with E-state index in [1.807, 2.05) is 19.1 Å². The summed E-state index contributed by atoms with van der Waals surface area (Å²) in [6.45, 7) is 5.59. The van der Waals surface area contributed by atoms with Crippen molar-refractivity contribution in [3.8, 4) is 11.5 Å². The minimum atomic E-state index is -2.35. The molecule has 1 amide bonds. The molecule has 0 spiro atoms. The van der Waals surface area contributed by atoms with E-state index in [2.05, 4.69) is 0 Å². The Hall–Kier alpha value is -3.46. The van der Waals surface area contributed by atoms with E-state index in [1.165, 1.54) is 0 Å². The molecule has 0 N–H and O–H groups in total. The number of carbonyl (C=O) groups excluding carboxylic acids is 3. The van der Waals surface area contributed by atoms with E-state index >= 15 is 0 Å². The van der Waals surface area contributed by atoms with Crippen molar-refractivity contribution in [3.05, 3.63) is 58.6 Å². The monoisotopic (exact) mass is 503 g/mol. The number of carbonyl (C=O) groups is 3. The smallest absolute Gasteiger partial charge is 0.453 e. The third kappa shape index (κ3) is 4.86. The van der Waals surface area contributed by atoms with Crippen LogP contribution in [0.15, 0.2) is 42.5 Å². The number of benzene rings is 2. The summed E-state index contributed by atoms with van der Waals surface area (Å²) in [6, 6.07) is 12.1. The van der Waals surface area contributed by atoms with Crippen molar-refractivity contribution in [3.63, 3.8) is 0 Å². The minimum Gasteiger partial charge on any atom is -0.460 e. The molecule has 186 valence electrons. The molecule has 9 nitrogen and oxygen atoms in total. The first-order valence-electron chi connectivity index (χ1n) is 11.4. The molecular formula is C25H26ClNO8. The lowest BCUT2D eigenvalue weighted by Crippen LogP contribution is -2.55. The first-order valence-corrected chi connectivity index (χ1v) is 11.7. The quantitative estimate of drug-likeness (QED) is 0.302. The molecule has 2 heterocycles. The number of cyclic esters (lactones) is 1. The second-order valence-electron chi connectivity index (χ2n) is 8.18. The van der Waals surface area contributed by atoms with Gasteiger partial charge in [-0.05, 0) is 62.6 Å². The zero-order chi connectivity index (χ0) is 25.2. The van der Waals surface area contributed by atoms with Crippen LogP contribution in [0.2, 0.25) is 5.02 Å². The van der Waals surface area contributed by atoms with Crippen molar-refractivity contribution in [1.82, 2.24) is 4.90 Å². The minimum absolute atomic E-state index is 0.0356. The van der Waals surface area contributed by atoms with Gasteiger partial charge in [0.2, 0.25) is 0 Å². The molecule has 2 aromatic rings. The number of esters is 2. The molecule has 2 aliphatic heterocycles. The SMILES string of the molecule is CCOC(=O)C1(C(=O)OCC)Oc2ccc(CC(C)N3CC(c4cccc(Cl)c4)OC3=O)cc2O1. The van der Waals surface area contributed by atoms with Crippen LogP contribution in [0.5, 0.6) is 11.5 Å². The van der Waals surface area contributed by atoms with Crippen LogP contribution < -0.4 is 9.47 Å². The van der Waals surface area contributed by atoms with Gasteiger partial charge >= 0.3 is 23.8 Å². The van der Waals surface area contributed by atoms with Gasteiger partial charge in [-0.2, -0.15) is 0 Å². The van der Waals surface area contributed by atoms with E-state index in [4.69, 9.17) is 35.3 Å². The van der Waals surface area contributed by atoms with Crippen LogP contribution in [0, 0.1) is 0 Å². The number of halogens is 1. The highest BCUT2D eigenvalue weighted by Crippen LogP contribution is 2.41. The maximum absolute atomic E-state index is 12.6. The fourth-order valence-corrected chi connectivity index (χ4v) is 4.25. The van der Waals surface area contributed by atoms with Gasteiger partial charge in [-0.3, -0.25) is 0 Å². The fourth-order valence-electron chi connectivity index (χ4n) is 4.05. The summed E-state index contributed by atoms with van der Waals surface area (Å²) in [5.41, 5.74) is 1.64. The van der Waals surface area contributed by atoms with Crippen LogP contribution in [-0.4, -0.2) is 54.5 Å². The Morgan fingerprint density at radius 1 is 1.09 bits per heavy atom. The van der Waals surface area contributed by atoms with Gasteiger partial charge in [-0.25, -0.2) is 14.4 Å². The van der Waals surface area contributed by atoms with Crippen molar-refractivity contribution in [1.29, 1.82) is 0 Å². The van der Waals surface area contributed by atoms with Crippen molar-refractivity contribution >= 4 is 29.6 Å². The number of hydrogen-bond acceptors (Lipinski definition) is 8. The molecule has 2 atom stereocenters. The first kappa shape index (κ1) is 24.7. The first-order chi connectivity index (χ1) is 16.8. The van der Waals surface area contributed by atoms with Gasteiger partial charge < -0.3 is 28.6 Å². The molecule has 10 heteroatoms. The van der Waals surface area contributed by atoms with Crippen molar-refractivity contribution in [2.45, 2.75) is 45.1 Å². The van der Waals surface area contributed by atoms with E-state index in [0.29, 0.717) is 18.0 Å². The standard InChI is InChI=1S/C25H26ClNO8/c1-4-31-22(28)25(23(29)32-5-2)34-19-10-9-16(12-20(19)35-25)11-15(3)27-14-21(33-24(27)30)17-7-6-8-18(26)13-17/h6-10,12-13,15,21H,4-5,11,14H2,1-3H3. The highest BCUT2D eigenvalue weighted by molar-refractivity contribution is 6.30. The lowest BCUT2D eigenvalue weighted by Gasteiger charge is -2.22. The predicted molar refractivity (Wildman–Crippen MR) is 124 cm³/mol. The zero-order valence-corrected chi connectivity index (χ0v) is 20.4. The maximum Gasteiger partial charge on any atom is 0.453 e. The Kier molecular flexibility index (Phi) is 7.07. The van der Waals surface area contributed by atoms with Crippen LogP contribution in [0.25, 0.3) is 0 Å². The zero-order valence-electron chi connectivity index (χ0n) is 19.6. The average molecular weight is 504 g/mol. The predicted octanol–water partition coefficient (Wildman–Crippen LogP) is 4.06. The number of fused-ring (bicyclic) bond motifs is 1. The molecular weight excluding hydrogens is 478 g/mol. The summed E-state index contributed by atoms with van der Waals surface area (Å²) in [5, 5.41) is 0.576. The third-order valence-electron chi connectivity index (χ3n) is 5.73. The van der Waals surface area contributed by atoms with Gasteiger partial charge in [0.25, 0.3) is 0 Å². The van der Waals surface area contributed by atoms with E-state index in [0.717, 1.165) is 11.1 Å². The van der Waals surface area contributed by atoms with Gasteiger partial charge in [-0.1, -0.05) is 29.8 Å². The van der Waals surface area contributed by atoms with Gasteiger partial charge in [0.05, 0.1) is 19.8 Å². The summed E-state index contributed by atoms with van der Waals surface area (Å²) in [6.07, 6.45) is -0.346. The molecule has 1 saturated heterocycles. The normalized spacial score (nSPS) is 18.7. The molecule has 0 aliphatic carbocycles. The number of ether oxygens (including phenoxy) is 5. The topological polar surface area (TPSA) is 101 Å². The molecule has 0 bridgehead atoms. The summed E-state index contributed by atoms with van der Waals surface area (Å²) in [5.74, 6) is -3.91. The number of amides is 1. The summed E-state index contributed by atoms with van der Waals surface area (Å²) in [7, 11) is 0. The van der Waals surface area contributed by atoms with Gasteiger partial charge in [-0.15, -0.1) is 0 Å². The molecule has 1 fully saturated rings. The Labute approximate surface area is 207 Å². The van der Waals surface area contributed by atoms with E-state index < -0.39 is 29.9 Å². The van der Waals surface area contributed by atoms with Gasteiger partial charge in [0.15, 0.2) is 11.5 Å².